The molecule has 1 unspecified atom stereocenters. The molecule has 1 aliphatic heterocycles. The summed E-state index contributed by atoms with van der Waals surface area (Å²) in [6.07, 6.45) is 2.58. The van der Waals surface area contributed by atoms with Gasteiger partial charge in [-0.2, -0.15) is 0 Å². The quantitative estimate of drug-likeness (QED) is 0.928. The Morgan fingerprint density at radius 3 is 2.75 bits per heavy atom. The van der Waals surface area contributed by atoms with Crippen molar-refractivity contribution < 1.29 is 9.21 Å². The number of nitrogens with zero attached hydrogens (tertiary/aromatic N) is 1. The molecule has 0 saturated carbocycles. The third-order valence-electron chi connectivity index (χ3n) is 5.14. The normalized spacial score (nSPS) is 18.9. The van der Waals surface area contributed by atoms with Gasteiger partial charge in [0.15, 0.2) is 5.76 Å². The molecule has 1 fully saturated rings. The molecule has 24 heavy (non-hydrogen) atoms. The van der Waals surface area contributed by atoms with Crippen molar-refractivity contribution in [2.24, 2.45) is 5.92 Å². The van der Waals surface area contributed by atoms with Gasteiger partial charge in [0.2, 0.25) is 0 Å². The number of benzene rings is 1. The van der Waals surface area contributed by atoms with Crippen LogP contribution >= 0.6 is 0 Å². The molecule has 4 nitrogen and oxygen atoms in total. The molecule has 1 aromatic heterocycles. The first-order valence-electron chi connectivity index (χ1n) is 8.97. The minimum atomic E-state index is -0.104. The molecule has 1 N–H and O–H groups in total. The summed E-state index contributed by atoms with van der Waals surface area (Å²) in [5.41, 5.74) is 4.00. The van der Waals surface area contributed by atoms with E-state index in [0.717, 1.165) is 53.2 Å². The Labute approximate surface area is 144 Å². The molecule has 1 aliphatic rings. The van der Waals surface area contributed by atoms with Crippen LogP contribution in [0.3, 0.4) is 0 Å². The molecular formula is C20H28N2O2. The predicted octanol–water partition coefficient (Wildman–Crippen LogP) is 3.82. The summed E-state index contributed by atoms with van der Waals surface area (Å²) >= 11 is 0. The summed E-state index contributed by atoms with van der Waals surface area (Å²) < 4.78 is 5.91. The van der Waals surface area contributed by atoms with Gasteiger partial charge in [-0.15, -0.1) is 0 Å². The monoisotopic (exact) mass is 328 g/mol. The van der Waals surface area contributed by atoms with E-state index < -0.39 is 0 Å². The van der Waals surface area contributed by atoms with Gasteiger partial charge in [0.25, 0.3) is 5.91 Å². The van der Waals surface area contributed by atoms with Gasteiger partial charge in [-0.1, -0.05) is 19.1 Å². The maximum atomic E-state index is 12.5. The fourth-order valence-electron chi connectivity index (χ4n) is 3.79. The summed E-state index contributed by atoms with van der Waals surface area (Å²) in [6, 6.07) is 4.12. The minimum Gasteiger partial charge on any atom is -0.450 e. The molecule has 0 radical (unpaired) electrons. The van der Waals surface area contributed by atoms with Crippen molar-refractivity contribution in [3.05, 3.63) is 34.6 Å². The first-order chi connectivity index (χ1) is 11.5. The van der Waals surface area contributed by atoms with Crippen LogP contribution in [-0.4, -0.2) is 37.0 Å². The highest BCUT2D eigenvalue weighted by atomic mass is 16.3. The summed E-state index contributed by atoms with van der Waals surface area (Å²) in [7, 11) is 0. The zero-order valence-electron chi connectivity index (χ0n) is 15.2. The van der Waals surface area contributed by atoms with Crippen LogP contribution in [0, 0.1) is 26.7 Å². The van der Waals surface area contributed by atoms with Gasteiger partial charge in [-0.05, 0) is 57.2 Å². The Morgan fingerprint density at radius 2 is 2.04 bits per heavy atom. The molecule has 2 heterocycles. The van der Waals surface area contributed by atoms with Gasteiger partial charge in [0.1, 0.15) is 5.58 Å². The number of nitrogens with one attached hydrogen (secondary N) is 1. The molecule has 2 aromatic rings. The standard InChI is InChI=1S/C20H28N2O2/c1-13-6-5-10-22(12-13)11-9-21-20(23)19-16(4)17-14(2)7-8-15(3)18(17)24-19/h7-8,13H,5-6,9-12H2,1-4H3,(H,21,23). The number of hydrogen-bond donors (Lipinski definition) is 1. The van der Waals surface area contributed by atoms with E-state index in [-0.39, 0.29) is 5.91 Å². The van der Waals surface area contributed by atoms with Gasteiger partial charge < -0.3 is 14.6 Å². The van der Waals surface area contributed by atoms with Crippen molar-refractivity contribution >= 4 is 16.9 Å². The van der Waals surface area contributed by atoms with Crippen molar-refractivity contribution in [1.82, 2.24) is 10.2 Å². The number of aryl methyl sites for hydroxylation is 3. The van der Waals surface area contributed by atoms with Crippen molar-refractivity contribution in [3.8, 4) is 0 Å². The second-order valence-electron chi connectivity index (χ2n) is 7.26. The number of fused-ring (bicyclic) bond motifs is 1. The number of hydrogen-bond acceptors (Lipinski definition) is 3. The second kappa shape index (κ2) is 6.98. The molecule has 1 aromatic carbocycles. The Kier molecular flexibility index (Phi) is 4.95. The Balaban J connectivity index is 1.67. The highest BCUT2D eigenvalue weighted by molar-refractivity contribution is 6.00. The Hall–Kier alpha value is -1.81. The maximum absolute atomic E-state index is 12.5. The Bertz CT molecular complexity index is 748. The van der Waals surface area contributed by atoms with Crippen LogP contribution in [0.2, 0.25) is 0 Å². The fraction of sp³-hybridized carbons (Fsp3) is 0.550. The second-order valence-corrected chi connectivity index (χ2v) is 7.26. The first-order valence-corrected chi connectivity index (χ1v) is 8.97. The van der Waals surface area contributed by atoms with Crippen LogP contribution in [0.1, 0.15) is 47.0 Å². The third-order valence-corrected chi connectivity index (χ3v) is 5.14. The summed E-state index contributed by atoms with van der Waals surface area (Å²) in [5.74, 6) is 1.11. The SMILES string of the molecule is Cc1ccc(C)c2c(C)c(C(=O)NCCN3CCCC(C)C3)oc12. The van der Waals surface area contributed by atoms with Crippen molar-refractivity contribution in [1.29, 1.82) is 0 Å². The molecule has 1 atom stereocenters. The maximum Gasteiger partial charge on any atom is 0.287 e. The minimum absolute atomic E-state index is 0.104. The van der Waals surface area contributed by atoms with Gasteiger partial charge >= 0.3 is 0 Å². The summed E-state index contributed by atoms with van der Waals surface area (Å²) in [4.78, 5) is 15.0. The number of amides is 1. The summed E-state index contributed by atoms with van der Waals surface area (Å²) in [6.45, 7) is 12.2. The topological polar surface area (TPSA) is 45.5 Å². The number of likely N-dealkylation sites (tertiary alicyclic amines) is 1. The number of rotatable bonds is 4. The smallest absolute Gasteiger partial charge is 0.287 e. The molecule has 4 heteroatoms. The first kappa shape index (κ1) is 17.0. The van der Waals surface area contributed by atoms with E-state index in [4.69, 9.17) is 4.42 Å². The molecule has 0 aliphatic carbocycles. The van der Waals surface area contributed by atoms with Gasteiger partial charge in [-0.3, -0.25) is 4.79 Å². The lowest BCUT2D eigenvalue weighted by atomic mass is 10.0. The average Bonchev–Trinajstić information content (AvgIpc) is 2.90. The number of furan rings is 1. The van der Waals surface area contributed by atoms with Crippen molar-refractivity contribution in [2.45, 2.75) is 40.5 Å². The fourth-order valence-corrected chi connectivity index (χ4v) is 3.79. The Morgan fingerprint density at radius 1 is 1.29 bits per heavy atom. The zero-order valence-corrected chi connectivity index (χ0v) is 15.2. The van der Waals surface area contributed by atoms with E-state index in [9.17, 15) is 4.79 Å². The predicted molar refractivity (Wildman–Crippen MR) is 97.6 cm³/mol. The van der Waals surface area contributed by atoms with Gasteiger partial charge in [-0.25, -0.2) is 0 Å². The average molecular weight is 328 g/mol. The number of piperidine rings is 1. The highest BCUT2D eigenvalue weighted by Crippen LogP contribution is 2.30. The van der Waals surface area contributed by atoms with E-state index >= 15 is 0 Å². The lowest BCUT2D eigenvalue weighted by Gasteiger charge is -2.30. The van der Waals surface area contributed by atoms with Gasteiger partial charge in [0.05, 0.1) is 0 Å². The van der Waals surface area contributed by atoms with Crippen molar-refractivity contribution in [3.63, 3.8) is 0 Å². The van der Waals surface area contributed by atoms with E-state index in [1.807, 2.05) is 19.9 Å². The number of carbonyl (C=O) groups excluding carboxylic acids is 1. The van der Waals surface area contributed by atoms with Crippen LogP contribution in [0.25, 0.3) is 11.0 Å². The van der Waals surface area contributed by atoms with Crippen LogP contribution in [0.15, 0.2) is 16.5 Å². The summed E-state index contributed by atoms with van der Waals surface area (Å²) in [5, 5.41) is 4.10. The van der Waals surface area contributed by atoms with E-state index in [2.05, 4.69) is 30.1 Å². The molecule has 1 amide bonds. The zero-order chi connectivity index (χ0) is 17.3. The van der Waals surface area contributed by atoms with E-state index in [1.165, 1.54) is 12.8 Å². The van der Waals surface area contributed by atoms with Crippen LogP contribution in [0.5, 0.6) is 0 Å². The molecule has 0 bridgehead atoms. The third kappa shape index (κ3) is 3.34. The number of carbonyl (C=O) groups is 1. The van der Waals surface area contributed by atoms with Crippen molar-refractivity contribution in [2.75, 3.05) is 26.2 Å². The van der Waals surface area contributed by atoms with Gasteiger partial charge in [0, 0.05) is 30.6 Å². The lowest BCUT2D eigenvalue weighted by molar-refractivity contribution is 0.0917. The van der Waals surface area contributed by atoms with Crippen LogP contribution in [0.4, 0.5) is 0 Å². The largest absolute Gasteiger partial charge is 0.450 e. The molecule has 0 spiro atoms. The molecular weight excluding hydrogens is 300 g/mol. The van der Waals surface area contributed by atoms with E-state index in [1.54, 1.807) is 0 Å². The molecule has 130 valence electrons. The lowest BCUT2D eigenvalue weighted by Crippen LogP contribution is -2.40. The van der Waals surface area contributed by atoms with E-state index in [0.29, 0.717) is 12.3 Å². The highest BCUT2D eigenvalue weighted by Gasteiger charge is 2.20. The molecule has 3 rings (SSSR count). The van der Waals surface area contributed by atoms with Crippen LogP contribution in [-0.2, 0) is 0 Å². The van der Waals surface area contributed by atoms with Crippen LogP contribution < -0.4 is 5.32 Å². The molecule has 1 saturated heterocycles.